The highest BCUT2D eigenvalue weighted by Crippen LogP contribution is 2.23. The molecule has 0 spiro atoms. The molecule has 5 nitrogen and oxygen atoms in total. The third-order valence-electron chi connectivity index (χ3n) is 4.96. The largest absolute Gasteiger partial charge is 0.306 e. The Morgan fingerprint density at radius 1 is 1.19 bits per heavy atom. The number of hydrogen-bond acceptors (Lipinski definition) is 5. The van der Waals surface area contributed by atoms with Gasteiger partial charge in [0.2, 0.25) is 0 Å². The van der Waals surface area contributed by atoms with Crippen LogP contribution in [0.1, 0.15) is 16.8 Å². The predicted octanol–water partition coefficient (Wildman–Crippen LogP) is 3.60. The summed E-state index contributed by atoms with van der Waals surface area (Å²) in [5, 5.41) is 3.14. The van der Waals surface area contributed by atoms with E-state index in [1.165, 1.54) is 0 Å². The summed E-state index contributed by atoms with van der Waals surface area (Å²) < 4.78 is 0. The van der Waals surface area contributed by atoms with Gasteiger partial charge in [-0.3, -0.25) is 14.7 Å². The number of fused-ring (bicyclic) bond motifs is 2. The molecule has 1 aromatic carbocycles. The number of benzene rings is 1. The lowest BCUT2D eigenvalue weighted by Crippen LogP contribution is -2.35. The molecule has 0 saturated heterocycles. The molecule has 1 aliphatic heterocycles. The molecule has 0 radical (unpaired) electrons. The Morgan fingerprint density at radius 3 is 3.00 bits per heavy atom. The first-order valence-corrected chi connectivity index (χ1v) is 9.86. The molecular weight excluding hydrogens is 356 g/mol. The van der Waals surface area contributed by atoms with Crippen molar-refractivity contribution in [1.29, 1.82) is 0 Å². The number of nitrogens with zero attached hydrogens (tertiary/aromatic N) is 3. The van der Waals surface area contributed by atoms with Crippen LogP contribution in [0.5, 0.6) is 0 Å². The maximum atomic E-state index is 12.6. The summed E-state index contributed by atoms with van der Waals surface area (Å²) in [5.74, 6) is 0.681. The van der Waals surface area contributed by atoms with Crippen molar-refractivity contribution in [2.45, 2.75) is 19.5 Å². The molecule has 3 aromatic heterocycles. The molecule has 134 valence electrons. The van der Waals surface area contributed by atoms with E-state index in [1.807, 2.05) is 41.9 Å². The Bertz CT molecular complexity index is 1170. The minimum atomic E-state index is -0.0234. The normalized spacial score (nSPS) is 14.4. The minimum Gasteiger partial charge on any atom is -0.306 e. The van der Waals surface area contributed by atoms with Gasteiger partial charge in [-0.2, -0.15) is 0 Å². The van der Waals surface area contributed by atoms with Gasteiger partial charge in [0.1, 0.15) is 0 Å². The summed E-state index contributed by atoms with van der Waals surface area (Å²) in [4.78, 5) is 28.1. The van der Waals surface area contributed by atoms with Crippen LogP contribution in [-0.2, 0) is 19.5 Å². The fraction of sp³-hybridized carbons (Fsp3) is 0.190. The molecule has 0 bridgehead atoms. The van der Waals surface area contributed by atoms with E-state index < -0.39 is 0 Å². The third kappa shape index (κ3) is 3.18. The number of pyridine rings is 1. The molecule has 0 amide bonds. The van der Waals surface area contributed by atoms with E-state index in [-0.39, 0.29) is 5.56 Å². The number of nitrogens with one attached hydrogen (secondary N) is 1. The van der Waals surface area contributed by atoms with Crippen LogP contribution >= 0.6 is 11.3 Å². The highest BCUT2D eigenvalue weighted by atomic mass is 32.1. The van der Waals surface area contributed by atoms with Crippen molar-refractivity contribution < 1.29 is 0 Å². The van der Waals surface area contributed by atoms with Gasteiger partial charge in [0.15, 0.2) is 5.82 Å². The van der Waals surface area contributed by atoms with Crippen LogP contribution in [0, 0.1) is 0 Å². The van der Waals surface area contributed by atoms with Gasteiger partial charge in [-0.15, -0.1) is 11.3 Å². The summed E-state index contributed by atoms with van der Waals surface area (Å²) in [6, 6.07) is 14.3. The summed E-state index contributed by atoms with van der Waals surface area (Å²) in [5.41, 5.74) is 3.86. The molecule has 6 heteroatoms. The number of thiophene rings is 1. The van der Waals surface area contributed by atoms with Gasteiger partial charge in [0.25, 0.3) is 5.56 Å². The number of rotatable bonds is 3. The highest BCUT2D eigenvalue weighted by molar-refractivity contribution is 7.13. The number of aromatic nitrogens is 3. The van der Waals surface area contributed by atoms with E-state index in [0.717, 1.165) is 52.1 Å². The van der Waals surface area contributed by atoms with Gasteiger partial charge in [-0.1, -0.05) is 24.3 Å². The van der Waals surface area contributed by atoms with Crippen molar-refractivity contribution in [3.05, 3.63) is 81.2 Å². The molecule has 27 heavy (non-hydrogen) atoms. The first-order valence-electron chi connectivity index (χ1n) is 8.98. The molecule has 4 aromatic rings. The maximum Gasteiger partial charge on any atom is 0.255 e. The Labute approximate surface area is 160 Å². The summed E-state index contributed by atoms with van der Waals surface area (Å²) in [7, 11) is 0. The van der Waals surface area contributed by atoms with Crippen molar-refractivity contribution >= 4 is 22.2 Å². The van der Waals surface area contributed by atoms with Gasteiger partial charge in [0.05, 0.1) is 21.7 Å². The van der Waals surface area contributed by atoms with Crippen LogP contribution in [0.2, 0.25) is 0 Å². The van der Waals surface area contributed by atoms with E-state index in [2.05, 4.69) is 27.0 Å². The topological polar surface area (TPSA) is 61.9 Å². The van der Waals surface area contributed by atoms with Crippen molar-refractivity contribution in [2.75, 3.05) is 6.54 Å². The fourth-order valence-corrected chi connectivity index (χ4v) is 4.28. The van der Waals surface area contributed by atoms with E-state index >= 15 is 0 Å². The number of para-hydroxylation sites is 1. The van der Waals surface area contributed by atoms with Crippen LogP contribution in [0.25, 0.3) is 21.6 Å². The fourth-order valence-electron chi connectivity index (χ4n) is 3.61. The average molecular weight is 374 g/mol. The highest BCUT2D eigenvalue weighted by Gasteiger charge is 2.22. The van der Waals surface area contributed by atoms with Crippen molar-refractivity contribution in [2.24, 2.45) is 0 Å². The van der Waals surface area contributed by atoms with Crippen molar-refractivity contribution in [3.63, 3.8) is 0 Å². The predicted molar refractivity (Wildman–Crippen MR) is 108 cm³/mol. The van der Waals surface area contributed by atoms with Gasteiger partial charge in [0, 0.05) is 37.6 Å². The molecule has 0 saturated carbocycles. The van der Waals surface area contributed by atoms with Gasteiger partial charge in [-0.05, 0) is 29.1 Å². The zero-order chi connectivity index (χ0) is 18.2. The van der Waals surface area contributed by atoms with Crippen LogP contribution in [0.15, 0.2) is 58.8 Å². The lowest BCUT2D eigenvalue weighted by molar-refractivity contribution is 0.241. The second-order valence-corrected chi connectivity index (χ2v) is 7.76. The second-order valence-electron chi connectivity index (χ2n) is 6.81. The van der Waals surface area contributed by atoms with Crippen molar-refractivity contribution in [3.8, 4) is 10.7 Å². The summed E-state index contributed by atoms with van der Waals surface area (Å²) >= 11 is 1.59. The molecule has 4 heterocycles. The smallest absolute Gasteiger partial charge is 0.255 e. The number of H-pyrrole nitrogens is 1. The molecular formula is C21H18N4OS. The number of aromatic amines is 1. The number of hydrogen-bond donors (Lipinski definition) is 1. The third-order valence-corrected chi connectivity index (χ3v) is 5.83. The average Bonchev–Trinajstić information content (AvgIpc) is 3.23. The Kier molecular flexibility index (Phi) is 4.07. The van der Waals surface area contributed by atoms with Gasteiger partial charge in [-0.25, -0.2) is 4.98 Å². The van der Waals surface area contributed by atoms with Crippen LogP contribution in [0.4, 0.5) is 0 Å². The standard InChI is InChI=1S/C21H18N4OS/c26-21-16-13-25(12-14-10-15-4-1-2-5-17(15)22-11-14)8-7-18(16)23-20(24-21)19-6-3-9-27-19/h1-6,9-11H,7-8,12-13H2,(H,23,24,26). The van der Waals surface area contributed by atoms with Gasteiger partial charge < -0.3 is 4.98 Å². The lowest BCUT2D eigenvalue weighted by atomic mass is 10.1. The van der Waals surface area contributed by atoms with E-state index in [0.29, 0.717) is 12.4 Å². The molecule has 1 aliphatic rings. The van der Waals surface area contributed by atoms with Crippen LogP contribution < -0.4 is 5.56 Å². The first-order chi connectivity index (χ1) is 13.3. The zero-order valence-electron chi connectivity index (χ0n) is 14.7. The first kappa shape index (κ1) is 16.4. The maximum absolute atomic E-state index is 12.6. The Hall–Kier alpha value is -2.83. The Morgan fingerprint density at radius 2 is 2.11 bits per heavy atom. The molecule has 0 atom stereocenters. The quantitative estimate of drug-likeness (QED) is 0.595. The molecule has 0 fully saturated rings. The van der Waals surface area contributed by atoms with Crippen molar-refractivity contribution in [1.82, 2.24) is 19.9 Å². The zero-order valence-corrected chi connectivity index (χ0v) is 15.5. The van der Waals surface area contributed by atoms with E-state index in [9.17, 15) is 4.79 Å². The summed E-state index contributed by atoms with van der Waals surface area (Å²) in [6.07, 6.45) is 2.72. The lowest BCUT2D eigenvalue weighted by Gasteiger charge is -2.27. The second kappa shape index (κ2) is 6.72. The molecule has 0 unspecified atom stereocenters. The van der Waals surface area contributed by atoms with Crippen LogP contribution in [-0.4, -0.2) is 26.4 Å². The SMILES string of the molecule is O=c1[nH]c(-c2cccs2)nc2c1CN(Cc1cnc3ccccc3c1)CC2. The minimum absolute atomic E-state index is 0.0234. The molecule has 5 rings (SSSR count). The van der Waals surface area contributed by atoms with Gasteiger partial charge >= 0.3 is 0 Å². The summed E-state index contributed by atoms with van der Waals surface area (Å²) in [6.45, 7) is 2.29. The van der Waals surface area contributed by atoms with E-state index in [4.69, 9.17) is 4.98 Å². The molecule has 0 aliphatic carbocycles. The monoisotopic (exact) mass is 374 g/mol. The molecule has 1 N–H and O–H groups in total. The van der Waals surface area contributed by atoms with Crippen LogP contribution in [0.3, 0.4) is 0 Å². The van der Waals surface area contributed by atoms with E-state index in [1.54, 1.807) is 11.3 Å². The Balaban J connectivity index is 1.39.